The summed E-state index contributed by atoms with van der Waals surface area (Å²) < 4.78 is 15.6. The number of anilines is 1. The summed E-state index contributed by atoms with van der Waals surface area (Å²) in [4.78, 5) is 4.54. The van der Waals surface area contributed by atoms with Crippen molar-refractivity contribution in [3.63, 3.8) is 0 Å². The van der Waals surface area contributed by atoms with Crippen LogP contribution in [0.4, 0.5) is 10.2 Å². The maximum absolute atomic E-state index is 14.0. The Morgan fingerprint density at radius 2 is 1.74 bits per heavy atom. The van der Waals surface area contributed by atoms with Crippen LogP contribution in [0.1, 0.15) is 11.1 Å². The number of piperazine rings is 1. The lowest BCUT2D eigenvalue weighted by Crippen LogP contribution is -2.49. The van der Waals surface area contributed by atoms with E-state index in [4.69, 9.17) is 35.4 Å². The third kappa shape index (κ3) is 5.74. The van der Waals surface area contributed by atoms with Crippen LogP contribution in [0.15, 0.2) is 54.7 Å². The first kappa shape index (κ1) is 22.0. The second-order valence-electron chi connectivity index (χ2n) is 7.42. The number of nitrogens with zero attached hydrogens (tertiary/aromatic N) is 4. The Morgan fingerprint density at radius 3 is 2.45 bits per heavy atom. The predicted molar refractivity (Wildman–Crippen MR) is 127 cm³/mol. The van der Waals surface area contributed by atoms with Crippen molar-refractivity contribution in [2.24, 2.45) is 0 Å². The summed E-state index contributed by atoms with van der Waals surface area (Å²) in [6.45, 7) is 4.67. The highest BCUT2D eigenvalue weighted by Gasteiger charge is 2.19. The van der Waals surface area contributed by atoms with Crippen molar-refractivity contribution < 1.29 is 4.39 Å². The Morgan fingerprint density at radius 1 is 1.00 bits per heavy atom. The van der Waals surface area contributed by atoms with Gasteiger partial charge in [-0.05, 0) is 42.0 Å². The number of benzene rings is 2. The zero-order valence-corrected chi connectivity index (χ0v) is 19.1. The Labute approximate surface area is 196 Å². The van der Waals surface area contributed by atoms with Crippen LogP contribution in [0.2, 0.25) is 10.0 Å². The van der Waals surface area contributed by atoms with Gasteiger partial charge in [0.05, 0.1) is 6.54 Å². The van der Waals surface area contributed by atoms with E-state index in [0.717, 1.165) is 37.7 Å². The largest absolute Gasteiger partial charge is 0.346 e. The fourth-order valence-corrected chi connectivity index (χ4v) is 4.14. The van der Waals surface area contributed by atoms with E-state index < -0.39 is 0 Å². The van der Waals surface area contributed by atoms with E-state index in [2.05, 4.69) is 32.3 Å². The molecule has 0 aliphatic carbocycles. The van der Waals surface area contributed by atoms with Gasteiger partial charge in [-0.25, -0.2) is 4.39 Å². The van der Waals surface area contributed by atoms with Crippen LogP contribution in [0.3, 0.4) is 0 Å². The zero-order chi connectivity index (χ0) is 21.8. The van der Waals surface area contributed by atoms with Crippen LogP contribution < -0.4 is 5.32 Å². The SMILES string of the molecule is Fc1cccc(Cl)c1Cn1ccc(NC(=S)N2CCN(Cc3ccc(Cl)cc3)CC2)n1. The lowest BCUT2D eigenvalue weighted by Gasteiger charge is -2.36. The fourth-order valence-electron chi connectivity index (χ4n) is 3.51. The fraction of sp³-hybridized carbons (Fsp3) is 0.273. The molecule has 0 saturated carbocycles. The normalized spacial score (nSPS) is 14.6. The second kappa shape index (κ2) is 9.96. The molecule has 0 amide bonds. The van der Waals surface area contributed by atoms with Crippen LogP contribution in [-0.2, 0) is 13.1 Å². The highest BCUT2D eigenvalue weighted by Crippen LogP contribution is 2.20. The molecule has 5 nitrogen and oxygen atoms in total. The maximum Gasteiger partial charge on any atom is 0.174 e. The number of thiocarbonyl (C=S) groups is 1. The van der Waals surface area contributed by atoms with Gasteiger partial charge < -0.3 is 10.2 Å². The average molecular weight is 478 g/mol. The topological polar surface area (TPSA) is 36.3 Å². The van der Waals surface area contributed by atoms with Crippen LogP contribution in [0, 0.1) is 5.82 Å². The van der Waals surface area contributed by atoms with Gasteiger partial charge in [-0.15, -0.1) is 0 Å². The molecular weight excluding hydrogens is 456 g/mol. The van der Waals surface area contributed by atoms with Crippen molar-refractivity contribution in [1.82, 2.24) is 19.6 Å². The monoisotopic (exact) mass is 477 g/mol. The van der Waals surface area contributed by atoms with E-state index in [-0.39, 0.29) is 12.4 Å². The van der Waals surface area contributed by atoms with Gasteiger partial charge in [-0.1, -0.05) is 41.4 Å². The van der Waals surface area contributed by atoms with Gasteiger partial charge in [-0.2, -0.15) is 5.10 Å². The Bertz CT molecular complexity index is 1030. The molecule has 1 aliphatic rings. The molecule has 0 atom stereocenters. The van der Waals surface area contributed by atoms with Crippen molar-refractivity contribution >= 4 is 46.4 Å². The molecule has 1 aromatic heterocycles. The van der Waals surface area contributed by atoms with Crippen molar-refractivity contribution in [2.45, 2.75) is 13.1 Å². The summed E-state index contributed by atoms with van der Waals surface area (Å²) in [7, 11) is 0. The molecule has 162 valence electrons. The molecule has 1 aliphatic heterocycles. The molecular formula is C22H22Cl2FN5S. The quantitative estimate of drug-likeness (QED) is 0.529. The number of halogens is 3. The minimum Gasteiger partial charge on any atom is -0.346 e. The van der Waals surface area contributed by atoms with Gasteiger partial charge in [0.25, 0.3) is 0 Å². The molecule has 3 aromatic rings. The molecule has 0 radical (unpaired) electrons. The molecule has 1 fully saturated rings. The van der Waals surface area contributed by atoms with Gasteiger partial charge in [0.1, 0.15) is 5.82 Å². The number of aromatic nitrogens is 2. The number of hydrogen-bond acceptors (Lipinski definition) is 3. The van der Waals surface area contributed by atoms with Crippen molar-refractivity contribution in [1.29, 1.82) is 0 Å². The molecule has 2 heterocycles. The summed E-state index contributed by atoms with van der Waals surface area (Å²) in [5, 5.41) is 9.41. The first-order chi connectivity index (χ1) is 15.0. The molecule has 9 heteroatoms. The standard InChI is InChI=1S/C22H22Cl2FN5S/c23-17-6-4-16(5-7-17)14-28-10-12-29(13-11-28)22(31)26-21-8-9-30(27-21)15-18-19(24)2-1-3-20(18)25/h1-9H,10-15H2,(H,26,27,31). The van der Waals surface area contributed by atoms with Crippen LogP contribution in [-0.4, -0.2) is 50.9 Å². The summed E-state index contributed by atoms with van der Waals surface area (Å²) in [5.74, 6) is 0.283. The van der Waals surface area contributed by atoms with Gasteiger partial charge >= 0.3 is 0 Å². The van der Waals surface area contributed by atoms with E-state index in [1.807, 2.05) is 18.2 Å². The molecule has 2 aromatic carbocycles. The van der Waals surface area contributed by atoms with Crippen molar-refractivity contribution in [3.05, 3.63) is 81.7 Å². The summed E-state index contributed by atoms with van der Waals surface area (Å²) in [5.41, 5.74) is 1.66. The van der Waals surface area contributed by atoms with E-state index in [0.29, 0.717) is 21.5 Å². The molecule has 0 spiro atoms. The number of rotatable bonds is 5. The van der Waals surface area contributed by atoms with Gasteiger partial charge in [0.2, 0.25) is 0 Å². The maximum atomic E-state index is 14.0. The zero-order valence-electron chi connectivity index (χ0n) is 16.8. The number of hydrogen-bond donors (Lipinski definition) is 1. The first-order valence-electron chi connectivity index (χ1n) is 9.97. The molecule has 4 rings (SSSR count). The first-order valence-corrected chi connectivity index (χ1v) is 11.1. The average Bonchev–Trinajstić information content (AvgIpc) is 3.20. The Hall–Kier alpha value is -2.19. The number of nitrogens with one attached hydrogen (secondary N) is 1. The van der Waals surface area contributed by atoms with Crippen molar-refractivity contribution in [2.75, 3.05) is 31.5 Å². The summed E-state index contributed by atoms with van der Waals surface area (Å²) in [6.07, 6.45) is 1.78. The third-order valence-electron chi connectivity index (χ3n) is 5.24. The van der Waals surface area contributed by atoms with Crippen LogP contribution in [0.5, 0.6) is 0 Å². The second-order valence-corrected chi connectivity index (χ2v) is 8.65. The van der Waals surface area contributed by atoms with E-state index >= 15 is 0 Å². The van der Waals surface area contributed by atoms with Crippen LogP contribution in [0.25, 0.3) is 0 Å². The summed E-state index contributed by atoms with van der Waals surface area (Å²) in [6, 6.07) is 14.4. The molecule has 1 saturated heterocycles. The smallest absolute Gasteiger partial charge is 0.174 e. The minimum atomic E-state index is -0.343. The summed E-state index contributed by atoms with van der Waals surface area (Å²) >= 11 is 17.6. The molecule has 1 N–H and O–H groups in total. The molecule has 31 heavy (non-hydrogen) atoms. The van der Waals surface area contributed by atoms with Crippen molar-refractivity contribution in [3.8, 4) is 0 Å². The van der Waals surface area contributed by atoms with E-state index in [9.17, 15) is 4.39 Å². The predicted octanol–water partition coefficient (Wildman–Crippen LogP) is 4.89. The van der Waals surface area contributed by atoms with E-state index in [1.165, 1.54) is 11.6 Å². The Balaban J connectivity index is 1.28. The molecule has 0 unspecified atom stereocenters. The minimum absolute atomic E-state index is 0.253. The third-order valence-corrected chi connectivity index (χ3v) is 6.20. The van der Waals surface area contributed by atoms with Gasteiger partial charge in [-0.3, -0.25) is 9.58 Å². The molecule has 0 bridgehead atoms. The Kier molecular flexibility index (Phi) is 7.07. The lowest BCUT2D eigenvalue weighted by molar-refractivity contribution is 0.177. The highest BCUT2D eigenvalue weighted by atomic mass is 35.5. The van der Waals surface area contributed by atoms with Gasteiger partial charge in [0, 0.05) is 60.6 Å². The van der Waals surface area contributed by atoms with Crippen LogP contribution >= 0.6 is 35.4 Å². The van der Waals surface area contributed by atoms with E-state index in [1.54, 1.807) is 23.0 Å². The van der Waals surface area contributed by atoms with Gasteiger partial charge in [0.15, 0.2) is 10.9 Å². The lowest BCUT2D eigenvalue weighted by atomic mass is 10.2. The highest BCUT2D eigenvalue weighted by molar-refractivity contribution is 7.80.